The molecular formula is C56H94N2Ni. The molecule has 0 saturated heterocycles. The van der Waals surface area contributed by atoms with Crippen LogP contribution in [0.3, 0.4) is 0 Å². The predicted octanol–water partition coefficient (Wildman–Crippen LogP) is 19.8. The van der Waals surface area contributed by atoms with Crippen LogP contribution in [-0.4, -0.2) is 4.70 Å². The van der Waals surface area contributed by atoms with Crippen LogP contribution in [0.4, 0.5) is 0 Å². The van der Waals surface area contributed by atoms with Gasteiger partial charge in [-0.3, -0.25) is 0 Å². The molecule has 0 saturated carbocycles. The zero-order chi connectivity index (χ0) is 42.6. The monoisotopic (exact) mass is 853 g/mol. The first kappa shape index (κ1) is 53.2. The molecule has 0 spiro atoms. The van der Waals surface area contributed by atoms with Gasteiger partial charge in [0.05, 0.1) is 0 Å². The van der Waals surface area contributed by atoms with E-state index in [0.717, 1.165) is 54.6 Å². The van der Waals surface area contributed by atoms with Gasteiger partial charge in [0.15, 0.2) is 0 Å². The molecule has 2 aromatic rings. The van der Waals surface area contributed by atoms with Crippen LogP contribution in [0, 0.1) is 6.92 Å². The summed E-state index contributed by atoms with van der Waals surface area (Å²) in [5.74, 6) is 4.12. The van der Waals surface area contributed by atoms with E-state index in [0.29, 0.717) is 0 Å². The Morgan fingerprint density at radius 1 is 0.407 bits per heavy atom. The van der Waals surface area contributed by atoms with Crippen molar-refractivity contribution < 1.29 is 19.1 Å². The molecule has 0 unspecified atom stereocenters. The molecule has 2 aromatic carbocycles. The first-order chi connectivity index (χ1) is 29.0. The number of unbranched alkanes of at least 4 members (excludes halogenated alkanes) is 28. The second-order valence-corrected chi connectivity index (χ2v) is 19.0. The summed E-state index contributed by atoms with van der Waals surface area (Å²) in [7, 11) is 0. The summed E-state index contributed by atoms with van der Waals surface area (Å²) in [5.41, 5.74) is 21.7. The van der Waals surface area contributed by atoms with E-state index in [1.165, 1.54) is 208 Å². The van der Waals surface area contributed by atoms with E-state index in [2.05, 4.69) is 88.0 Å². The van der Waals surface area contributed by atoms with Crippen molar-refractivity contribution in [3.63, 3.8) is 0 Å². The topological polar surface area (TPSA) is 25.3 Å². The Morgan fingerprint density at radius 2 is 0.729 bits per heavy atom. The van der Waals surface area contributed by atoms with Crippen LogP contribution in [0.15, 0.2) is 59.7 Å². The third-order valence-electron chi connectivity index (χ3n) is 12.5. The maximum atomic E-state index is 12.0. The van der Waals surface area contributed by atoms with Gasteiger partial charge < -0.3 is 5.53 Å². The molecule has 0 amide bonds. The zero-order valence-corrected chi connectivity index (χ0v) is 40.9. The average molecular weight is 854 g/mol. The quantitative estimate of drug-likeness (QED) is 0.0371. The van der Waals surface area contributed by atoms with Gasteiger partial charge in [0, 0.05) is 22.3 Å². The normalized spacial score (nSPS) is 12.9. The Labute approximate surface area is 374 Å². The Hall–Kier alpha value is -1.99. The molecule has 0 aliphatic carbocycles. The summed E-state index contributed by atoms with van der Waals surface area (Å²) in [5, 5.41) is 0. The summed E-state index contributed by atoms with van der Waals surface area (Å²) < 4.78 is 1.56. The van der Waals surface area contributed by atoms with Gasteiger partial charge >= 0.3 is 26.2 Å². The third kappa shape index (κ3) is 23.7. The van der Waals surface area contributed by atoms with E-state index in [1.54, 1.807) is 19.1 Å². The molecule has 2 nitrogen and oxygen atoms in total. The minimum atomic E-state index is 1.01. The van der Waals surface area contributed by atoms with Crippen molar-refractivity contribution in [3.05, 3.63) is 87.5 Å². The zero-order valence-electron chi connectivity index (χ0n) is 39.9. The first-order valence-corrected chi connectivity index (χ1v) is 27.3. The fraction of sp³-hybridized carbons (Fsp3) is 0.714. The molecule has 3 heteroatoms. The van der Waals surface area contributed by atoms with E-state index in [9.17, 15) is 5.53 Å². The standard InChI is InChI=1S/C54H88N2.2CH3.Ni/c1-5-8-11-12-13-14-15-16-17-18-19-20-21-22-23-24-25-26-27-28-29-30-31-32-33-34-35-44-52-51(43-10-7-3)53(49-41-36-38-47(4)45-49)56(55)54(52)50-42-37-40-48(46-50)39-9-6-2;;;/h36-38,40-42,45-46H,5-35,39,43-44H2,1-4H3;2*1H3;. The number of benzene rings is 2. The predicted molar refractivity (Wildman–Crippen MR) is 260 cm³/mol. The number of hydrogen-bond donors (Lipinski definition) is 0. The van der Waals surface area contributed by atoms with E-state index in [4.69, 9.17) is 0 Å². The molecule has 1 heterocycles. The summed E-state index contributed by atoms with van der Waals surface area (Å²) in [6.45, 7) is 9.00. The van der Waals surface area contributed by atoms with E-state index < -0.39 is 0 Å². The van der Waals surface area contributed by atoms with Crippen LogP contribution >= 0.6 is 0 Å². The average Bonchev–Trinajstić information content (AvgIpc) is 3.52. The molecule has 59 heavy (non-hydrogen) atoms. The van der Waals surface area contributed by atoms with E-state index >= 15 is 0 Å². The molecule has 0 aromatic heterocycles. The second-order valence-electron chi connectivity index (χ2n) is 18.0. The summed E-state index contributed by atoms with van der Waals surface area (Å²) in [6, 6.07) is 17.7. The molecule has 0 fully saturated rings. The summed E-state index contributed by atoms with van der Waals surface area (Å²) in [4.78, 5) is 0. The number of allylic oxidation sites excluding steroid dienone is 2. The van der Waals surface area contributed by atoms with Gasteiger partial charge in [0.1, 0.15) is 0 Å². The van der Waals surface area contributed by atoms with Crippen LogP contribution in [0.5, 0.6) is 0 Å². The molecule has 338 valence electrons. The van der Waals surface area contributed by atoms with Crippen molar-refractivity contribution in [2.45, 2.75) is 258 Å². The first-order valence-electron chi connectivity index (χ1n) is 25.4. The van der Waals surface area contributed by atoms with Gasteiger partial charge in [-0.2, -0.15) is 0 Å². The third-order valence-corrected chi connectivity index (χ3v) is 12.5. The van der Waals surface area contributed by atoms with E-state index in [1.807, 2.05) is 0 Å². The van der Waals surface area contributed by atoms with Crippen LogP contribution in [0.1, 0.15) is 255 Å². The minimum absolute atomic E-state index is 1.01. The Balaban J connectivity index is 0.00000387. The fourth-order valence-corrected chi connectivity index (χ4v) is 8.98. The van der Waals surface area contributed by atoms with Gasteiger partial charge in [-0.15, -0.1) is 0 Å². The van der Waals surface area contributed by atoms with Crippen molar-refractivity contribution in [2.75, 3.05) is 0 Å². The summed E-state index contributed by atoms with van der Waals surface area (Å²) >= 11 is 1.62. The molecular weight excluding hydrogens is 759 g/mol. The van der Waals surface area contributed by atoms with Gasteiger partial charge in [-0.1, -0.05) is 230 Å². The van der Waals surface area contributed by atoms with Gasteiger partial charge in [-0.05, 0) is 75.3 Å². The molecule has 0 atom stereocenters. The van der Waals surface area contributed by atoms with Crippen LogP contribution in [-0.2, 0) is 20.9 Å². The van der Waals surface area contributed by atoms with Crippen molar-refractivity contribution in [1.29, 1.82) is 0 Å². The van der Waals surface area contributed by atoms with Crippen molar-refractivity contribution in [1.82, 2.24) is 0 Å². The fourth-order valence-electron chi connectivity index (χ4n) is 8.98. The van der Waals surface area contributed by atoms with Crippen LogP contribution in [0.25, 0.3) is 16.9 Å². The van der Waals surface area contributed by atoms with Gasteiger partial charge in [0.2, 0.25) is 11.4 Å². The SMILES string of the molecule is CCCCCCCCCCCCCCCCCCCCCCCCCCCCCC1=C(c2cccc(CCCC)c2)[N+](=[N-])C(c2cccc(C)c2)=C1CCCC.[CH3][Ni][CH3]. The molecule has 0 radical (unpaired) electrons. The van der Waals surface area contributed by atoms with Crippen molar-refractivity contribution >= 4 is 11.4 Å². The number of aryl methyl sites for hydroxylation is 2. The van der Waals surface area contributed by atoms with Crippen molar-refractivity contribution in [3.8, 4) is 0 Å². The Kier molecular flexibility index (Phi) is 33.0. The number of nitrogens with zero attached hydrogens (tertiary/aromatic N) is 2. The van der Waals surface area contributed by atoms with E-state index in [-0.39, 0.29) is 0 Å². The molecule has 0 N–H and O–H groups in total. The Morgan fingerprint density at radius 3 is 1.12 bits per heavy atom. The molecule has 3 rings (SSSR count). The molecule has 1 aliphatic heterocycles. The molecule has 0 bridgehead atoms. The van der Waals surface area contributed by atoms with Crippen LogP contribution < -0.4 is 0 Å². The number of rotatable bonds is 36. The maximum absolute atomic E-state index is 12.0. The number of hydrogen-bond acceptors (Lipinski definition) is 0. The van der Waals surface area contributed by atoms with Gasteiger partial charge in [-0.25, -0.2) is 4.70 Å². The summed E-state index contributed by atoms with van der Waals surface area (Å²) in [6.07, 6.45) is 46.4. The molecule has 1 aliphatic rings. The van der Waals surface area contributed by atoms with Crippen molar-refractivity contribution in [2.24, 2.45) is 0 Å². The second kappa shape index (κ2) is 36.6. The van der Waals surface area contributed by atoms with Gasteiger partial charge in [0.25, 0.3) is 0 Å². The Bertz CT molecular complexity index is 1400. The van der Waals surface area contributed by atoms with Crippen LogP contribution in [0.2, 0.25) is 11.8 Å².